The predicted molar refractivity (Wildman–Crippen MR) is 84.5 cm³/mol. The van der Waals surface area contributed by atoms with Crippen molar-refractivity contribution in [1.29, 1.82) is 0 Å². The summed E-state index contributed by atoms with van der Waals surface area (Å²) < 4.78 is 40.7. The molecule has 0 aliphatic heterocycles. The van der Waals surface area contributed by atoms with Crippen LogP contribution in [0.4, 0.5) is 18.3 Å². The van der Waals surface area contributed by atoms with E-state index >= 15 is 0 Å². The summed E-state index contributed by atoms with van der Waals surface area (Å²) >= 11 is 1.35. The van der Waals surface area contributed by atoms with E-state index < -0.39 is 11.7 Å². The van der Waals surface area contributed by atoms with Gasteiger partial charge in [-0.3, -0.25) is 4.68 Å². The quantitative estimate of drug-likeness (QED) is 0.755. The van der Waals surface area contributed by atoms with Gasteiger partial charge in [0.1, 0.15) is 0 Å². The second-order valence-electron chi connectivity index (χ2n) is 5.41. The number of rotatable bonds is 5. The number of hydrogen-bond donors (Lipinski definition) is 1. The molecule has 3 aromatic rings. The van der Waals surface area contributed by atoms with Crippen molar-refractivity contribution in [3.63, 3.8) is 0 Å². The molecule has 0 amide bonds. The predicted octanol–water partition coefficient (Wildman–Crippen LogP) is 4.26. The molecular weight excluding hydrogens is 325 g/mol. The second-order valence-corrected chi connectivity index (χ2v) is 6.44. The highest BCUT2D eigenvalue weighted by molar-refractivity contribution is 7.22. The molecule has 0 saturated heterocycles. The first kappa shape index (κ1) is 15.8. The van der Waals surface area contributed by atoms with Gasteiger partial charge in [0.15, 0.2) is 5.13 Å². The van der Waals surface area contributed by atoms with Crippen LogP contribution in [0.1, 0.15) is 12.5 Å². The fourth-order valence-corrected chi connectivity index (χ4v) is 3.09. The van der Waals surface area contributed by atoms with Crippen molar-refractivity contribution >= 4 is 26.7 Å². The van der Waals surface area contributed by atoms with Gasteiger partial charge in [0.2, 0.25) is 0 Å². The fraction of sp³-hybridized carbons (Fsp3) is 0.333. The molecule has 2 heterocycles. The molecular formula is C15H15F3N4S. The third-order valence-electron chi connectivity index (χ3n) is 3.37. The molecule has 1 aromatic carbocycles. The maximum absolute atomic E-state index is 12.7. The van der Waals surface area contributed by atoms with E-state index in [1.165, 1.54) is 17.4 Å². The maximum atomic E-state index is 12.7. The Morgan fingerprint density at radius 1 is 1.35 bits per heavy atom. The smallest absolute Gasteiger partial charge is 0.361 e. The minimum Gasteiger partial charge on any atom is -0.361 e. The summed E-state index contributed by atoms with van der Waals surface area (Å²) in [6.45, 7) is 3.51. The topological polar surface area (TPSA) is 42.7 Å². The van der Waals surface area contributed by atoms with Gasteiger partial charge in [0, 0.05) is 25.5 Å². The number of nitrogens with zero attached hydrogens (tertiary/aromatic N) is 3. The van der Waals surface area contributed by atoms with Crippen LogP contribution >= 0.6 is 11.3 Å². The Morgan fingerprint density at radius 3 is 2.87 bits per heavy atom. The van der Waals surface area contributed by atoms with Crippen LogP contribution < -0.4 is 5.32 Å². The van der Waals surface area contributed by atoms with E-state index in [4.69, 9.17) is 0 Å². The number of halogens is 3. The van der Waals surface area contributed by atoms with Gasteiger partial charge in [-0.05, 0) is 30.2 Å². The Labute approximate surface area is 135 Å². The molecule has 1 N–H and O–H groups in total. The standard InChI is InChI=1S/C15H15F3N4S/c1-10(9-22-6-2-5-20-22)8-19-14-21-12-7-11(15(16,17)18)3-4-13(12)23-14/h2-7,10H,8-9H2,1H3,(H,19,21). The van der Waals surface area contributed by atoms with E-state index in [0.717, 1.165) is 23.4 Å². The van der Waals surface area contributed by atoms with Gasteiger partial charge < -0.3 is 5.32 Å². The molecule has 2 aromatic heterocycles. The molecule has 4 nitrogen and oxygen atoms in total. The van der Waals surface area contributed by atoms with Crippen molar-refractivity contribution in [2.24, 2.45) is 5.92 Å². The summed E-state index contributed by atoms with van der Waals surface area (Å²) in [4.78, 5) is 4.24. The van der Waals surface area contributed by atoms with Gasteiger partial charge >= 0.3 is 6.18 Å². The summed E-state index contributed by atoms with van der Waals surface area (Å²) in [7, 11) is 0. The van der Waals surface area contributed by atoms with Gasteiger partial charge in [-0.2, -0.15) is 18.3 Å². The van der Waals surface area contributed by atoms with Crippen LogP contribution in [0.25, 0.3) is 10.2 Å². The molecule has 0 fully saturated rings. The third-order valence-corrected chi connectivity index (χ3v) is 4.37. The summed E-state index contributed by atoms with van der Waals surface area (Å²) in [6.07, 6.45) is -0.720. The van der Waals surface area contributed by atoms with Crippen LogP contribution in [0, 0.1) is 5.92 Å². The van der Waals surface area contributed by atoms with E-state index in [0.29, 0.717) is 23.1 Å². The van der Waals surface area contributed by atoms with E-state index in [1.807, 2.05) is 16.9 Å². The van der Waals surface area contributed by atoms with Gasteiger partial charge in [0.05, 0.1) is 15.8 Å². The first-order valence-corrected chi connectivity index (χ1v) is 7.92. The molecule has 0 saturated carbocycles. The molecule has 0 aliphatic rings. The number of alkyl halides is 3. The zero-order valence-electron chi connectivity index (χ0n) is 12.3. The van der Waals surface area contributed by atoms with Crippen LogP contribution in [-0.4, -0.2) is 21.3 Å². The first-order chi connectivity index (χ1) is 10.9. The Bertz CT molecular complexity index is 780. The highest BCUT2D eigenvalue weighted by atomic mass is 32.1. The summed E-state index contributed by atoms with van der Waals surface area (Å²) in [5, 5.41) is 7.97. The monoisotopic (exact) mass is 340 g/mol. The van der Waals surface area contributed by atoms with Crippen molar-refractivity contribution in [1.82, 2.24) is 14.8 Å². The number of aromatic nitrogens is 3. The highest BCUT2D eigenvalue weighted by Gasteiger charge is 2.30. The molecule has 0 aliphatic carbocycles. The van der Waals surface area contributed by atoms with Crippen LogP contribution in [0.2, 0.25) is 0 Å². The fourth-order valence-electron chi connectivity index (χ4n) is 2.23. The van der Waals surface area contributed by atoms with Crippen LogP contribution in [-0.2, 0) is 12.7 Å². The Hall–Kier alpha value is -2.09. The molecule has 0 bridgehead atoms. The van der Waals surface area contributed by atoms with Crippen molar-refractivity contribution in [3.05, 3.63) is 42.2 Å². The zero-order valence-corrected chi connectivity index (χ0v) is 13.2. The second kappa shape index (κ2) is 6.19. The Morgan fingerprint density at radius 2 is 2.17 bits per heavy atom. The molecule has 1 atom stereocenters. The number of nitrogens with one attached hydrogen (secondary N) is 1. The van der Waals surface area contributed by atoms with Crippen molar-refractivity contribution in [3.8, 4) is 0 Å². The van der Waals surface area contributed by atoms with E-state index in [-0.39, 0.29) is 0 Å². The summed E-state index contributed by atoms with van der Waals surface area (Å²) in [5.74, 6) is 0.313. The van der Waals surface area contributed by atoms with E-state index in [2.05, 4.69) is 22.3 Å². The molecule has 122 valence electrons. The van der Waals surface area contributed by atoms with Crippen LogP contribution in [0.5, 0.6) is 0 Å². The lowest BCUT2D eigenvalue weighted by Crippen LogP contribution is -2.17. The number of benzene rings is 1. The average molecular weight is 340 g/mol. The lowest BCUT2D eigenvalue weighted by molar-refractivity contribution is -0.137. The molecule has 0 spiro atoms. The summed E-state index contributed by atoms with van der Waals surface area (Å²) in [6, 6.07) is 5.51. The summed E-state index contributed by atoms with van der Waals surface area (Å²) in [5.41, 5.74) is -0.305. The lowest BCUT2D eigenvalue weighted by Gasteiger charge is -2.11. The van der Waals surface area contributed by atoms with E-state index in [1.54, 1.807) is 6.20 Å². The number of hydrogen-bond acceptors (Lipinski definition) is 4. The lowest BCUT2D eigenvalue weighted by atomic mass is 10.2. The van der Waals surface area contributed by atoms with Crippen LogP contribution in [0.15, 0.2) is 36.7 Å². The maximum Gasteiger partial charge on any atom is 0.416 e. The minimum absolute atomic E-state index is 0.313. The highest BCUT2D eigenvalue weighted by Crippen LogP contribution is 2.33. The number of thiazole rings is 1. The van der Waals surface area contributed by atoms with Crippen molar-refractivity contribution in [2.75, 3.05) is 11.9 Å². The Balaban J connectivity index is 1.66. The molecule has 0 radical (unpaired) electrons. The molecule has 8 heteroatoms. The molecule has 3 rings (SSSR count). The largest absolute Gasteiger partial charge is 0.416 e. The number of fused-ring (bicyclic) bond motifs is 1. The van der Waals surface area contributed by atoms with Gasteiger partial charge in [0.25, 0.3) is 0 Å². The van der Waals surface area contributed by atoms with Gasteiger partial charge in [-0.1, -0.05) is 18.3 Å². The SMILES string of the molecule is CC(CNc1nc2cc(C(F)(F)F)ccc2s1)Cn1cccn1. The minimum atomic E-state index is -4.34. The number of anilines is 1. The molecule has 23 heavy (non-hydrogen) atoms. The Kier molecular flexibility index (Phi) is 4.25. The van der Waals surface area contributed by atoms with Crippen molar-refractivity contribution in [2.45, 2.75) is 19.6 Å². The molecule has 1 unspecified atom stereocenters. The van der Waals surface area contributed by atoms with Gasteiger partial charge in [-0.25, -0.2) is 4.98 Å². The van der Waals surface area contributed by atoms with Crippen LogP contribution in [0.3, 0.4) is 0 Å². The zero-order chi connectivity index (χ0) is 16.4. The van der Waals surface area contributed by atoms with E-state index in [9.17, 15) is 13.2 Å². The first-order valence-electron chi connectivity index (χ1n) is 7.11. The third kappa shape index (κ3) is 3.82. The van der Waals surface area contributed by atoms with Gasteiger partial charge in [-0.15, -0.1) is 0 Å². The average Bonchev–Trinajstić information content (AvgIpc) is 3.11. The normalized spacial score (nSPS) is 13.4. The van der Waals surface area contributed by atoms with Crippen molar-refractivity contribution < 1.29 is 13.2 Å².